The second-order valence-corrected chi connectivity index (χ2v) is 6.93. The monoisotopic (exact) mass is 382 g/mol. The number of rotatable bonds is 7. The molecule has 4 aromatic rings. The minimum absolute atomic E-state index is 0.123. The van der Waals surface area contributed by atoms with Crippen LogP contribution in [0.3, 0.4) is 0 Å². The number of nitrogens with zero attached hydrogens (tertiary/aromatic N) is 3. The standard InChI is InChI=1S/C21H23FN4O2/c1-4-5-6-9-27-18-11-26-20(14(18)3)21(23-12-24-26)28-17-8-7-16-15(19(17)22)10-13(2)25-16/h7-8,10-12,25H,4-6,9H2,1-3H3. The maximum atomic E-state index is 14.9. The van der Waals surface area contributed by atoms with Crippen molar-refractivity contribution in [3.63, 3.8) is 0 Å². The van der Waals surface area contributed by atoms with Crippen molar-refractivity contribution in [2.45, 2.75) is 40.0 Å². The number of hydrogen-bond donors (Lipinski definition) is 1. The van der Waals surface area contributed by atoms with E-state index < -0.39 is 5.82 Å². The molecule has 0 aliphatic heterocycles. The summed E-state index contributed by atoms with van der Waals surface area (Å²) in [5.41, 5.74) is 3.16. The highest BCUT2D eigenvalue weighted by atomic mass is 19.1. The molecule has 0 saturated carbocycles. The largest absolute Gasteiger partial charge is 0.492 e. The Bertz CT molecular complexity index is 1130. The lowest BCUT2D eigenvalue weighted by atomic mass is 10.2. The van der Waals surface area contributed by atoms with Crippen LogP contribution in [0.5, 0.6) is 17.4 Å². The number of H-pyrrole nitrogens is 1. The van der Waals surface area contributed by atoms with Gasteiger partial charge in [-0.05, 0) is 38.5 Å². The summed E-state index contributed by atoms with van der Waals surface area (Å²) in [7, 11) is 0. The number of halogens is 1. The van der Waals surface area contributed by atoms with Crippen molar-refractivity contribution >= 4 is 16.4 Å². The molecule has 6 nitrogen and oxygen atoms in total. The van der Waals surface area contributed by atoms with E-state index in [1.807, 2.05) is 13.8 Å². The third-order valence-electron chi connectivity index (χ3n) is 4.80. The third kappa shape index (κ3) is 3.28. The van der Waals surface area contributed by atoms with Gasteiger partial charge in [0.2, 0.25) is 5.88 Å². The van der Waals surface area contributed by atoms with Crippen LogP contribution in [-0.2, 0) is 0 Å². The quantitative estimate of drug-likeness (QED) is 0.439. The first-order valence-corrected chi connectivity index (χ1v) is 9.50. The lowest BCUT2D eigenvalue weighted by Crippen LogP contribution is -1.98. The van der Waals surface area contributed by atoms with Gasteiger partial charge in [0.15, 0.2) is 11.6 Å². The number of aryl methyl sites for hydroxylation is 2. The zero-order valence-corrected chi connectivity index (χ0v) is 16.3. The SMILES string of the molecule is CCCCCOc1cn2ncnc(Oc3ccc4[nH]c(C)cc4c3F)c2c1C. The van der Waals surface area contributed by atoms with Crippen LogP contribution in [0.4, 0.5) is 4.39 Å². The first-order chi connectivity index (χ1) is 13.6. The number of unbranched alkanes of at least 4 members (excludes halogenated alkanes) is 2. The number of aromatic amines is 1. The second-order valence-electron chi connectivity index (χ2n) is 6.93. The Labute approximate surface area is 162 Å². The molecule has 0 atom stereocenters. The molecular weight excluding hydrogens is 359 g/mol. The first kappa shape index (κ1) is 18.3. The number of ether oxygens (including phenoxy) is 2. The summed E-state index contributed by atoms with van der Waals surface area (Å²) < 4.78 is 28.3. The fourth-order valence-corrected chi connectivity index (χ4v) is 3.33. The Kier molecular flexibility index (Phi) is 4.90. The van der Waals surface area contributed by atoms with E-state index in [1.54, 1.807) is 28.9 Å². The molecule has 0 saturated heterocycles. The summed E-state index contributed by atoms with van der Waals surface area (Å²) in [4.78, 5) is 7.35. The molecule has 0 amide bonds. The van der Waals surface area contributed by atoms with Crippen LogP contribution in [0.1, 0.15) is 37.4 Å². The predicted octanol–water partition coefficient (Wildman–Crippen LogP) is 5.33. The van der Waals surface area contributed by atoms with E-state index in [1.165, 1.54) is 6.33 Å². The van der Waals surface area contributed by atoms with Crippen LogP contribution in [-0.4, -0.2) is 26.2 Å². The van der Waals surface area contributed by atoms with Crippen molar-refractivity contribution in [2.75, 3.05) is 6.61 Å². The van der Waals surface area contributed by atoms with Gasteiger partial charge in [-0.1, -0.05) is 19.8 Å². The normalized spacial score (nSPS) is 11.4. The van der Waals surface area contributed by atoms with Crippen LogP contribution in [0.25, 0.3) is 16.4 Å². The Morgan fingerprint density at radius 2 is 2.04 bits per heavy atom. The van der Waals surface area contributed by atoms with Crippen molar-refractivity contribution in [1.82, 2.24) is 19.6 Å². The van der Waals surface area contributed by atoms with Crippen molar-refractivity contribution < 1.29 is 13.9 Å². The molecule has 146 valence electrons. The van der Waals surface area contributed by atoms with Gasteiger partial charge in [0.05, 0.1) is 12.8 Å². The summed E-state index contributed by atoms with van der Waals surface area (Å²) in [6.45, 7) is 6.62. The number of hydrogen-bond acceptors (Lipinski definition) is 4. The summed E-state index contributed by atoms with van der Waals surface area (Å²) in [5, 5.41) is 4.72. The van der Waals surface area contributed by atoms with Crippen LogP contribution >= 0.6 is 0 Å². The average Bonchev–Trinajstić information content (AvgIpc) is 3.22. The zero-order chi connectivity index (χ0) is 19.7. The molecule has 0 aliphatic rings. The van der Waals surface area contributed by atoms with Crippen molar-refractivity contribution in [3.05, 3.63) is 47.8 Å². The van der Waals surface area contributed by atoms with E-state index >= 15 is 0 Å². The van der Waals surface area contributed by atoms with Crippen molar-refractivity contribution in [3.8, 4) is 17.4 Å². The first-order valence-electron chi connectivity index (χ1n) is 9.50. The molecule has 0 unspecified atom stereocenters. The third-order valence-corrected chi connectivity index (χ3v) is 4.80. The smallest absolute Gasteiger partial charge is 0.247 e. The van der Waals surface area contributed by atoms with Crippen molar-refractivity contribution in [1.29, 1.82) is 0 Å². The molecule has 3 heterocycles. The Morgan fingerprint density at radius 1 is 1.18 bits per heavy atom. The van der Waals surface area contributed by atoms with E-state index in [4.69, 9.17) is 9.47 Å². The summed E-state index contributed by atoms with van der Waals surface area (Å²) in [6, 6.07) is 5.16. The van der Waals surface area contributed by atoms with Gasteiger partial charge in [0.25, 0.3) is 0 Å². The maximum absolute atomic E-state index is 14.9. The molecule has 0 spiro atoms. The maximum Gasteiger partial charge on any atom is 0.247 e. The lowest BCUT2D eigenvalue weighted by molar-refractivity contribution is 0.304. The van der Waals surface area contributed by atoms with Crippen molar-refractivity contribution in [2.24, 2.45) is 0 Å². The van der Waals surface area contributed by atoms with E-state index in [-0.39, 0.29) is 5.75 Å². The van der Waals surface area contributed by atoms with Gasteiger partial charge in [-0.25, -0.2) is 8.91 Å². The molecule has 0 radical (unpaired) electrons. The molecular formula is C21H23FN4O2. The molecule has 0 bridgehead atoms. The fraction of sp³-hybridized carbons (Fsp3) is 0.333. The van der Waals surface area contributed by atoms with Gasteiger partial charge >= 0.3 is 0 Å². The second kappa shape index (κ2) is 7.50. The topological polar surface area (TPSA) is 64.4 Å². The van der Waals surface area contributed by atoms with E-state index in [9.17, 15) is 4.39 Å². The average molecular weight is 382 g/mol. The van der Waals surface area contributed by atoms with Gasteiger partial charge in [-0.15, -0.1) is 0 Å². The summed E-state index contributed by atoms with van der Waals surface area (Å²) in [5.74, 6) is 0.733. The highest BCUT2D eigenvalue weighted by Gasteiger charge is 2.18. The van der Waals surface area contributed by atoms with Gasteiger partial charge in [-0.3, -0.25) is 0 Å². The van der Waals surface area contributed by atoms with Gasteiger partial charge in [0, 0.05) is 22.2 Å². The van der Waals surface area contributed by atoms with Gasteiger partial charge in [0.1, 0.15) is 17.6 Å². The fourth-order valence-electron chi connectivity index (χ4n) is 3.33. The molecule has 4 rings (SSSR count). The van der Waals surface area contributed by atoms with Gasteiger partial charge in [-0.2, -0.15) is 10.1 Å². The molecule has 0 aliphatic carbocycles. The predicted molar refractivity (Wildman–Crippen MR) is 106 cm³/mol. The number of nitrogens with one attached hydrogen (secondary N) is 1. The highest BCUT2D eigenvalue weighted by molar-refractivity contribution is 5.83. The minimum atomic E-state index is -0.418. The number of fused-ring (bicyclic) bond motifs is 2. The minimum Gasteiger partial charge on any atom is -0.492 e. The van der Waals surface area contributed by atoms with E-state index in [0.717, 1.165) is 41.8 Å². The van der Waals surface area contributed by atoms with Crippen LogP contribution in [0.2, 0.25) is 0 Å². The molecule has 3 aromatic heterocycles. The molecule has 1 aromatic carbocycles. The zero-order valence-electron chi connectivity index (χ0n) is 16.3. The Morgan fingerprint density at radius 3 is 2.86 bits per heavy atom. The summed E-state index contributed by atoms with van der Waals surface area (Å²) >= 11 is 0. The molecule has 0 fully saturated rings. The van der Waals surface area contributed by atoms with Crippen LogP contribution < -0.4 is 9.47 Å². The number of aromatic nitrogens is 4. The Hall–Kier alpha value is -3.09. The molecule has 7 heteroatoms. The molecule has 28 heavy (non-hydrogen) atoms. The van der Waals surface area contributed by atoms with E-state index in [0.29, 0.717) is 23.4 Å². The number of benzene rings is 1. The summed E-state index contributed by atoms with van der Waals surface area (Å²) in [6.07, 6.45) is 6.46. The van der Waals surface area contributed by atoms with Crippen LogP contribution in [0, 0.1) is 19.7 Å². The van der Waals surface area contributed by atoms with Gasteiger partial charge < -0.3 is 14.5 Å². The highest BCUT2D eigenvalue weighted by Crippen LogP contribution is 2.34. The lowest BCUT2D eigenvalue weighted by Gasteiger charge is -2.08. The van der Waals surface area contributed by atoms with E-state index in [2.05, 4.69) is 22.0 Å². The van der Waals surface area contributed by atoms with Crippen LogP contribution in [0.15, 0.2) is 30.7 Å². The molecule has 1 N–H and O–H groups in total. The Balaban J connectivity index is 1.67.